The number of hydrogen-bond acceptors (Lipinski definition) is 2. The van der Waals surface area contributed by atoms with Crippen molar-refractivity contribution in [2.24, 2.45) is 0 Å². The lowest BCUT2D eigenvalue weighted by Crippen LogP contribution is -2.75. The van der Waals surface area contributed by atoms with E-state index in [4.69, 9.17) is 11.6 Å². The number of quaternary nitrogens is 1. The molecule has 70 valence electrons. The molecular weight excluding hydrogens is 190 g/mol. The first-order valence-electron chi connectivity index (χ1n) is 3.77. The van der Waals surface area contributed by atoms with E-state index in [1.165, 1.54) is 6.92 Å². The van der Waals surface area contributed by atoms with Crippen molar-refractivity contribution < 1.29 is 15.6 Å². The number of carboxylic acids is 1. The minimum atomic E-state index is -1.25. The van der Waals surface area contributed by atoms with Crippen LogP contribution in [0.4, 0.5) is 0 Å². The summed E-state index contributed by atoms with van der Waals surface area (Å²) in [5, 5.41) is 11.2. The van der Waals surface area contributed by atoms with Crippen LogP contribution in [0.15, 0.2) is 24.3 Å². The van der Waals surface area contributed by atoms with Gasteiger partial charge in [-0.2, -0.15) is 0 Å². The second kappa shape index (κ2) is 3.36. The SMILES string of the molecule is C[C@@]([NH3+])(C(=O)[O-])c1cccc(Cl)c1. The Morgan fingerprint density at radius 3 is 2.69 bits per heavy atom. The van der Waals surface area contributed by atoms with Gasteiger partial charge < -0.3 is 15.6 Å². The molecule has 1 atom stereocenters. The van der Waals surface area contributed by atoms with Crippen LogP contribution in [-0.4, -0.2) is 5.97 Å². The Labute approximate surface area is 81.1 Å². The molecule has 3 nitrogen and oxygen atoms in total. The van der Waals surface area contributed by atoms with Gasteiger partial charge in [-0.15, -0.1) is 0 Å². The molecule has 0 aliphatic heterocycles. The molecule has 4 heteroatoms. The van der Waals surface area contributed by atoms with E-state index in [0.717, 1.165) is 0 Å². The molecule has 0 amide bonds. The second-order valence-corrected chi connectivity index (χ2v) is 3.57. The number of carbonyl (C=O) groups excluding carboxylic acids is 1. The summed E-state index contributed by atoms with van der Waals surface area (Å²) in [6.07, 6.45) is 0. The lowest BCUT2D eigenvalue weighted by molar-refractivity contribution is -0.489. The van der Waals surface area contributed by atoms with Crippen molar-refractivity contribution >= 4 is 17.6 Å². The lowest BCUT2D eigenvalue weighted by Gasteiger charge is -2.22. The summed E-state index contributed by atoms with van der Waals surface area (Å²) >= 11 is 5.71. The molecule has 0 fully saturated rings. The molecule has 1 aromatic carbocycles. The maximum Gasteiger partial charge on any atom is 0.157 e. The van der Waals surface area contributed by atoms with Crippen LogP contribution >= 0.6 is 11.6 Å². The molecule has 0 unspecified atom stereocenters. The first-order chi connectivity index (χ1) is 5.94. The first kappa shape index (κ1) is 10.0. The Kier molecular flexibility index (Phi) is 2.59. The average molecular weight is 200 g/mol. The second-order valence-electron chi connectivity index (χ2n) is 3.13. The summed E-state index contributed by atoms with van der Waals surface area (Å²) in [6, 6.07) is 6.60. The van der Waals surface area contributed by atoms with Crippen molar-refractivity contribution in [3.05, 3.63) is 34.9 Å². The van der Waals surface area contributed by atoms with Gasteiger partial charge in [0.25, 0.3) is 0 Å². The number of rotatable bonds is 2. The lowest BCUT2D eigenvalue weighted by atomic mass is 9.94. The summed E-state index contributed by atoms with van der Waals surface area (Å²) in [5.74, 6) is -1.21. The van der Waals surface area contributed by atoms with Crippen molar-refractivity contribution in [2.75, 3.05) is 0 Å². The van der Waals surface area contributed by atoms with Crippen LogP contribution in [0.3, 0.4) is 0 Å². The molecule has 0 heterocycles. The Balaban J connectivity index is 3.14. The zero-order chi connectivity index (χ0) is 10.1. The minimum Gasteiger partial charge on any atom is -0.543 e. The van der Waals surface area contributed by atoms with Crippen molar-refractivity contribution in [2.45, 2.75) is 12.5 Å². The average Bonchev–Trinajstić information content (AvgIpc) is 2.04. The summed E-state index contributed by atoms with van der Waals surface area (Å²) in [5.41, 5.74) is 2.86. The van der Waals surface area contributed by atoms with Crippen molar-refractivity contribution in [1.29, 1.82) is 0 Å². The maximum atomic E-state index is 10.7. The van der Waals surface area contributed by atoms with Gasteiger partial charge in [0.2, 0.25) is 0 Å². The highest BCUT2D eigenvalue weighted by atomic mass is 35.5. The Bertz CT molecular complexity index is 336. The molecule has 3 N–H and O–H groups in total. The maximum absolute atomic E-state index is 10.7. The number of carboxylic acid groups (broad SMARTS) is 1. The zero-order valence-corrected chi connectivity index (χ0v) is 7.97. The highest BCUT2D eigenvalue weighted by molar-refractivity contribution is 6.30. The molecule has 0 bridgehead atoms. The Hall–Kier alpha value is -1.06. The molecular formula is C9H10ClNO2. The quantitative estimate of drug-likeness (QED) is 0.701. The van der Waals surface area contributed by atoms with Crippen molar-refractivity contribution in [1.82, 2.24) is 0 Å². The number of halogens is 1. The fourth-order valence-electron chi connectivity index (χ4n) is 0.950. The van der Waals surface area contributed by atoms with Crippen molar-refractivity contribution in [3.8, 4) is 0 Å². The smallest absolute Gasteiger partial charge is 0.157 e. The van der Waals surface area contributed by atoms with Gasteiger partial charge in [-0.05, 0) is 12.1 Å². The Morgan fingerprint density at radius 2 is 2.23 bits per heavy atom. The van der Waals surface area contributed by atoms with Gasteiger partial charge in [0.05, 0.1) is 0 Å². The van der Waals surface area contributed by atoms with Crippen LogP contribution < -0.4 is 10.8 Å². The molecule has 0 aliphatic rings. The minimum absolute atomic E-state index is 0.494. The fourth-order valence-corrected chi connectivity index (χ4v) is 1.14. The predicted octanol–water partition coefficient (Wildman–Crippen LogP) is -0.453. The summed E-state index contributed by atoms with van der Waals surface area (Å²) in [7, 11) is 0. The number of benzene rings is 1. The summed E-state index contributed by atoms with van der Waals surface area (Å²) in [4.78, 5) is 10.7. The van der Waals surface area contributed by atoms with E-state index in [-0.39, 0.29) is 0 Å². The van der Waals surface area contributed by atoms with E-state index < -0.39 is 11.5 Å². The van der Waals surface area contributed by atoms with Gasteiger partial charge in [0, 0.05) is 17.5 Å². The summed E-state index contributed by atoms with van der Waals surface area (Å²) in [6.45, 7) is 1.48. The van der Waals surface area contributed by atoms with Crippen LogP contribution in [0.1, 0.15) is 12.5 Å². The Morgan fingerprint density at radius 1 is 1.62 bits per heavy atom. The number of aliphatic carboxylic acids is 1. The van der Waals surface area contributed by atoms with E-state index >= 15 is 0 Å². The van der Waals surface area contributed by atoms with E-state index in [9.17, 15) is 9.90 Å². The van der Waals surface area contributed by atoms with Crippen LogP contribution in [-0.2, 0) is 10.3 Å². The van der Waals surface area contributed by atoms with Crippen LogP contribution in [0.5, 0.6) is 0 Å². The van der Waals surface area contributed by atoms with Gasteiger partial charge >= 0.3 is 0 Å². The van der Waals surface area contributed by atoms with Crippen LogP contribution in [0.25, 0.3) is 0 Å². The molecule has 0 saturated carbocycles. The fraction of sp³-hybridized carbons (Fsp3) is 0.222. The van der Waals surface area contributed by atoms with Gasteiger partial charge in [-0.1, -0.05) is 23.7 Å². The number of carbonyl (C=O) groups is 1. The molecule has 0 spiro atoms. The molecule has 0 aliphatic carbocycles. The third-order valence-corrected chi connectivity index (χ3v) is 2.15. The van der Waals surface area contributed by atoms with E-state index in [1.807, 2.05) is 0 Å². The van der Waals surface area contributed by atoms with Gasteiger partial charge in [-0.3, -0.25) is 0 Å². The highest BCUT2D eigenvalue weighted by Crippen LogP contribution is 2.18. The van der Waals surface area contributed by atoms with E-state index in [0.29, 0.717) is 10.6 Å². The highest BCUT2D eigenvalue weighted by Gasteiger charge is 2.27. The predicted molar refractivity (Wildman–Crippen MR) is 46.7 cm³/mol. The molecule has 0 radical (unpaired) electrons. The number of hydrogen-bond donors (Lipinski definition) is 1. The summed E-state index contributed by atoms with van der Waals surface area (Å²) < 4.78 is 0. The third kappa shape index (κ3) is 1.99. The zero-order valence-electron chi connectivity index (χ0n) is 7.21. The van der Waals surface area contributed by atoms with E-state index in [1.54, 1.807) is 24.3 Å². The van der Waals surface area contributed by atoms with Gasteiger partial charge in [-0.25, -0.2) is 0 Å². The normalized spacial score (nSPS) is 15.0. The van der Waals surface area contributed by atoms with E-state index in [2.05, 4.69) is 5.73 Å². The van der Waals surface area contributed by atoms with Crippen molar-refractivity contribution in [3.63, 3.8) is 0 Å². The first-order valence-corrected chi connectivity index (χ1v) is 4.15. The third-order valence-electron chi connectivity index (χ3n) is 1.91. The molecule has 0 aromatic heterocycles. The molecule has 1 aromatic rings. The standard InChI is InChI=1S/C9H10ClNO2/c1-9(11,8(12)13)6-3-2-4-7(10)5-6/h2-5H,11H2,1H3,(H,12,13)/t9-/m0/s1. The molecule has 0 saturated heterocycles. The topological polar surface area (TPSA) is 67.8 Å². The largest absolute Gasteiger partial charge is 0.543 e. The molecule has 13 heavy (non-hydrogen) atoms. The molecule has 1 rings (SSSR count). The van der Waals surface area contributed by atoms with Gasteiger partial charge in [0.1, 0.15) is 5.97 Å². The van der Waals surface area contributed by atoms with Crippen LogP contribution in [0, 0.1) is 0 Å². The van der Waals surface area contributed by atoms with Gasteiger partial charge in [0.15, 0.2) is 5.54 Å². The monoisotopic (exact) mass is 199 g/mol. The van der Waals surface area contributed by atoms with Crippen LogP contribution in [0.2, 0.25) is 5.02 Å².